The van der Waals surface area contributed by atoms with Gasteiger partial charge in [-0.3, -0.25) is 20.1 Å². The minimum Gasteiger partial charge on any atom is -0.295 e. The van der Waals surface area contributed by atoms with Gasteiger partial charge in [-0.2, -0.15) is 0 Å². The first-order valence-corrected chi connectivity index (χ1v) is 6.72. The number of aromatic nitrogens is 1. The van der Waals surface area contributed by atoms with E-state index in [1.165, 1.54) is 0 Å². The molecule has 0 aliphatic rings. The third kappa shape index (κ3) is 5.36. The van der Waals surface area contributed by atoms with Crippen molar-refractivity contribution in [3.63, 3.8) is 0 Å². The highest BCUT2D eigenvalue weighted by molar-refractivity contribution is 5.75. The van der Waals surface area contributed by atoms with Gasteiger partial charge in [0, 0.05) is 24.7 Å². The van der Waals surface area contributed by atoms with Gasteiger partial charge in [-0.05, 0) is 38.9 Å². The number of carbonyl (C=O) groups excluding carboxylic acids is 1. The van der Waals surface area contributed by atoms with Crippen molar-refractivity contribution in [1.29, 1.82) is 0 Å². The van der Waals surface area contributed by atoms with Crippen LogP contribution in [0.4, 0.5) is 0 Å². The lowest BCUT2D eigenvalue weighted by atomic mass is 10.1. The Bertz CT molecular complexity index is 408. The number of nitrogens with two attached hydrogens (primary N) is 1. The zero-order valence-electron chi connectivity index (χ0n) is 12.0. The summed E-state index contributed by atoms with van der Waals surface area (Å²) in [6.45, 7) is 7.98. The fourth-order valence-corrected chi connectivity index (χ4v) is 2.07. The Labute approximate surface area is 115 Å². The predicted octanol–water partition coefficient (Wildman–Crippen LogP) is 1.37. The average Bonchev–Trinajstić information content (AvgIpc) is 2.41. The maximum Gasteiger partial charge on any atom is 0.233 e. The lowest BCUT2D eigenvalue weighted by molar-refractivity contribution is -0.121. The molecule has 1 amide bonds. The highest BCUT2D eigenvalue weighted by Gasteiger charge is 2.14. The second-order valence-corrected chi connectivity index (χ2v) is 4.79. The van der Waals surface area contributed by atoms with Crippen LogP contribution in [0.1, 0.15) is 38.1 Å². The van der Waals surface area contributed by atoms with Crippen LogP contribution < -0.4 is 11.3 Å². The van der Waals surface area contributed by atoms with Crippen LogP contribution in [0.2, 0.25) is 0 Å². The molecule has 0 fully saturated rings. The highest BCUT2D eigenvalue weighted by Crippen LogP contribution is 2.11. The molecule has 1 atom stereocenters. The van der Waals surface area contributed by atoms with Crippen molar-refractivity contribution in [3.8, 4) is 0 Å². The highest BCUT2D eigenvalue weighted by atomic mass is 16.2. The minimum absolute atomic E-state index is 0.114. The third-order valence-electron chi connectivity index (χ3n) is 3.29. The van der Waals surface area contributed by atoms with Gasteiger partial charge >= 0.3 is 0 Å². The van der Waals surface area contributed by atoms with Gasteiger partial charge in [-0.15, -0.1) is 0 Å². The third-order valence-corrected chi connectivity index (χ3v) is 3.29. The number of amides is 1. The molecule has 1 rings (SSSR count). The number of carbonyl (C=O) groups is 1. The van der Waals surface area contributed by atoms with Gasteiger partial charge in [0.2, 0.25) is 5.91 Å². The first-order valence-electron chi connectivity index (χ1n) is 6.72. The molecular weight excluding hydrogens is 240 g/mol. The fourth-order valence-electron chi connectivity index (χ4n) is 2.07. The van der Waals surface area contributed by atoms with E-state index in [1.54, 1.807) is 0 Å². The summed E-state index contributed by atoms with van der Waals surface area (Å²) in [6, 6.07) is 6.38. The van der Waals surface area contributed by atoms with Crippen molar-refractivity contribution < 1.29 is 4.79 Å². The predicted molar refractivity (Wildman–Crippen MR) is 76.1 cm³/mol. The van der Waals surface area contributed by atoms with Crippen molar-refractivity contribution in [3.05, 3.63) is 29.6 Å². The molecule has 0 aromatic carbocycles. The standard InChI is InChI=1S/C14H24N4O/c1-4-18(12(3)8-9-14(19)17-15)10-13-7-5-6-11(2)16-13/h5-7,12H,4,8-10,15H2,1-3H3,(H,17,19). The van der Waals surface area contributed by atoms with Crippen LogP contribution in [0, 0.1) is 6.92 Å². The minimum atomic E-state index is -0.114. The summed E-state index contributed by atoms with van der Waals surface area (Å²) in [5, 5.41) is 0. The Morgan fingerprint density at radius 1 is 1.53 bits per heavy atom. The van der Waals surface area contributed by atoms with Crippen molar-refractivity contribution in [2.24, 2.45) is 5.84 Å². The summed E-state index contributed by atoms with van der Waals surface area (Å²) in [5.41, 5.74) is 4.26. The van der Waals surface area contributed by atoms with Crippen molar-refractivity contribution >= 4 is 5.91 Å². The Balaban J connectivity index is 2.54. The second-order valence-electron chi connectivity index (χ2n) is 4.79. The summed E-state index contributed by atoms with van der Waals surface area (Å²) < 4.78 is 0. The second kappa shape index (κ2) is 7.86. The Kier molecular flexibility index (Phi) is 6.45. The first kappa shape index (κ1) is 15.6. The molecule has 0 bridgehead atoms. The van der Waals surface area contributed by atoms with Crippen LogP contribution in [-0.2, 0) is 11.3 Å². The zero-order chi connectivity index (χ0) is 14.3. The lowest BCUT2D eigenvalue weighted by Gasteiger charge is -2.27. The number of hydrazine groups is 1. The van der Waals surface area contributed by atoms with Gasteiger partial charge < -0.3 is 0 Å². The molecule has 5 heteroatoms. The number of nitrogens with zero attached hydrogens (tertiary/aromatic N) is 2. The number of rotatable bonds is 7. The maximum absolute atomic E-state index is 11.2. The van der Waals surface area contributed by atoms with E-state index in [1.807, 2.05) is 25.1 Å². The van der Waals surface area contributed by atoms with Crippen molar-refractivity contribution in [2.75, 3.05) is 6.54 Å². The van der Waals surface area contributed by atoms with Gasteiger partial charge in [0.1, 0.15) is 0 Å². The van der Waals surface area contributed by atoms with E-state index in [4.69, 9.17) is 5.84 Å². The number of pyridine rings is 1. The van der Waals surface area contributed by atoms with Crippen LogP contribution in [-0.4, -0.2) is 28.4 Å². The number of hydrogen-bond acceptors (Lipinski definition) is 4. The van der Waals surface area contributed by atoms with Gasteiger partial charge in [0.15, 0.2) is 0 Å². The molecule has 0 saturated carbocycles. The van der Waals surface area contributed by atoms with Gasteiger partial charge in [-0.1, -0.05) is 13.0 Å². The van der Waals surface area contributed by atoms with Crippen LogP contribution >= 0.6 is 0 Å². The lowest BCUT2D eigenvalue weighted by Crippen LogP contribution is -2.35. The van der Waals surface area contributed by atoms with Gasteiger partial charge in [0.25, 0.3) is 0 Å². The molecule has 0 aliphatic heterocycles. The largest absolute Gasteiger partial charge is 0.295 e. The Morgan fingerprint density at radius 2 is 2.26 bits per heavy atom. The van der Waals surface area contributed by atoms with Crippen molar-refractivity contribution in [2.45, 2.75) is 46.2 Å². The molecule has 0 radical (unpaired) electrons. The van der Waals surface area contributed by atoms with Crippen molar-refractivity contribution in [1.82, 2.24) is 15.3 Å². The number of hydrogen-bond donors (Lipinski definition) is 2. The molecule has 1 aromatic rings. The summed E-state index contributed by atoms with van der Waals surface area (Å²) in [4.78, 5) is 18.0. The monoisotopic (exact) mass is 264 g/mol. The molecule has 19 heavy (non-hydrogen) atoms. The molecule has 106 valence electrons. The quantitative estimate of drug-likeness (QED) is 0.443. The molecule has 3 N–H and O–H groups in total. The Morgan fingerprint density at radius 3 is 2.84 bits per heavy atom. The fraction of sp³-hybridized carbons (Fsp3) is 0.571. The smallest absolute Gasteiger partial charge is 0.233 e. The van der Waals surface area contributed by atoms with E-state index >= 15 is 0 Å². The van der Waals surface area contributed by atoms with Crippen LogP contribution in [0.25, 0.3) is 0 Å². The molecule has 5 nitrogen and oxygen atoms in total. The molecule has 1 aromatic heterocycles. The van der Waals surface area contributed by atoms with Gasteiger partial charge in [-0.25, -0.2) is 5.84 Å². The summed E-state index contributed by atoms with van der Waals surface area (Å²) in [6.07, 6.45) is 1.25. The molecule has 1 unspecified atom stereocenters. The van der Waals surface area contributed by atoms with Crippen LogP contribution in [0.3, 0.4) is 0 Å². The molecular formula is C14H24N4O. The topological polar surface area (TPSA) is 71.2 Å². The van der Waals surface area contributed by atoms with E-state index in [9.17, 15) is 4.79 Å². The molecule has 0 saturated heterocycles. The van der Waals surface area contributed by atoms with E-state index < -0.39 is 0 Å². The van der Waals surface area contributed by atoms with E-state index in [0.29, 0.717) is 12.5 Å². The van der Waals surface area contributed by atoms with E-state index in [0.717, 1.165) is 30.9 Å². The molecule has 1 heterocycles. The Hall–Kier alpha value is -1.46. The number of aryl methyl sites for hydroxylation is 1. The first-order chi connectivity index (χ1) is 9.06. The van der Waals surface area contributed by atoms with Crippen LogP contribution in [0.15, 0.2) is 18.2 Å². The SMILES string of the molecule is CCN(Cc1cccc(C)n1)C(C)CCC(=O)NN. The van der Waals surface area contributed by atoms with Gasteiger partial charge in [0.05, 0.1) is 5.69 Å². The normalized spacial score (nSPS) is 12.5. The van der Waals surface area contributed by atoms with E-state index in [2.05, 4.69) is 29.2 Å². The summed E-state index contributed by atoms with van der Waals surface area (Å²) in [7, 11) is 0. The average molecular weight is 264 g/mol. The zero-order valence-corrected chi connectivity index (χ0v) is 12.0. The van der Waals surface area contributed by atoms with Crippen LogP contribution in [0.5, 0.6) is 0 Å². The van der Waals surface area contributed by atoms with E-state index in [-0.39, 0.29) is 5.91 Å². The maximum atomic E-state index is 11.2. The summed E-state index contributed by atoms with van der Waals surface area (Å²) >= 11 is 0. The summed E-state index contributed by atoms with van der Waals surface area (Å²) in [5.74, 6) is 4.97. The molecule has 0 spiro atoms. The number of nitrogens with one attached hydrogen (secondary N) is 1. The molecule has 0 aliphatic carbocycles.